The van der Waals surface area contributed by atoms with Gasteiger partial charge in [-0.05, 0) is 53.7 Å². The lowest BCUT2D eigenvalue weighted by Crippen LogP contribution is -2.45. The van der Waals surface area contributed by atoms with Crippen LogP contribution in [0, 0.1) is 5.92 Å². The number of piperidine rings is 1. The van der Waals surface area contributed by atoms with E-state index in [1.165, 1.54) is 34.9 Å². The molecule has 3 rings (SSSR count). The summed E-state index contributed by atoms with van der Waals surface area (Å²) in [6.45, 7) is 0.835. The van der Waals surface area contributed by atoms with Crippen LogP contribution in [0.15, 0.2) is 20.1 Å². The second-order valence-corrected chi connectivity index (χ2v) is 11.2. The van der Waals surface area contributed by atoms with E-state index in [4.69, 9.17) is 0 Å². The van der Waals surface area contributed by atoms with Crippen LogP contribution in [0.3, 0.4) is 0 Å². The summed E-state index contributed by atoms with van der Waals surface area (Å²) in [5.74, 6) is 0.0475. The topological polar surface area (TPSA) is 66.5 Å². The van der Waals surface area contributed by atoms with Crippen LogP contribution >= 0.6 is 27.3 Å². The number of nitrogens with zero attached hydrogens (tertiary/aromatic N) is 1. The molecule has 134 valence electrons. The minimum Gasteiger partial charge on any atom is -0.353 e. The van der Waals surface area contributed by atoms with E-state index in [1.807, 2.05) is 0 Å². The van der Waals surface area contributed by atoms with Crippen LogP contribution in [0.4, 0.5) is 0 Å². The van der Waals surface area contributed by atoms with Crippen LogP contribution in [0.25, 0.3) is 0 Å². The molecule has 0 radical (unpaired) electrons. The van der Waals surface area contributed by atoms with Crippen molar-refractivity contribution in [2.45, 2.75) is 55.2 Å². The van der Waals surface area contributed by atoms with Crippen LogP contribution in [0.2, 0.25) is 0 Å². The number of sulfonamides is 1. The smallest absolute Gasteiger partial charge is 0.252 e. The van der Waals surface area contributed by atoms with E-state index in [1.54, 1.807) is 12.1 Å². The number of rotatable bonds is 4. The van der Waals surface area contributed by atoms with E-state index in [0.29, 0.717) is 36.2 Å². The summed E-state index contributed by atoms with van der Waals surface area (Å²) in [5.41, 5.74) is 0. The van der Waals surface area contributed by atoms with E-state index >= 15 is 0 Å². The third kappa shape index (κ3) is 4.20. The first-order chi connectivity index (χ1) is 11.5. The van der Waals surface area contributed by atoms with Crippen molar-refractivity contribution in [3.8, 4) is 0 Å². The van der Waals surface area contributed by atoms with Crippen molar-refractivity contribution in [3.63, 3.8) is 0 Å². The minimum atomic E-state index is -3.43. The summed E-state index contributed by atoms with van der Waals surface area (Å²) in [6.07, 6.45) is 7.00. The Morgan fingerprint density at radius 1 is 1.12 bits per heavy atom. The van der Waals surface area contributed by atoms with Gasteiger partial charge in [0.2, 0.25) is 5.91 Å². The predicted molar refractivity (Wildman–Crippen MR) is 98.5 cm³/mol. The summed E-state index contributed by atoms with van der Waals surface area (Å²) in [4.78, 5) is 12.4. The third-order valence-electron chi connectivity index (χ3n) is 4.92. The van der Waals surface area contributed by atoms with Gasteiger partial charge in [0.15, 0.2) is 0 Å². The summed E-state index contributed by atoms with van der Waals surface area (Å²) < 4.78 is 27.9. The van der Waals surface area contributed by atoms with E-state index < -0.39 is 10.0 Å². The molecule has 0 unspecified atom stereocenters. The predicted octanol–water partition coefficient (Wildman–Crippen LogP) is 3.36. The molecule has 1 aromatic heterocycles. The first-order valence-electron chi connectivity index (χ1n) is 8.52. The van der Waals surface area contributed by atoms with Gasteiger partial charge in [0.25, 0.3) is 10.0 Å². The van der Waals surface area contributed by atoms with Gasteiger partial charge in [0.05, 0.1) is 3.79 Å². The SMILES string of the molecule is O=C(NC1CCCCC1)C1CCN(S(=O)(=O)c2ccc(Br)s2)CC1. The van der Waals surface area contributed by atoms with Gasteiger partial charge in [-0.25, -0.2) is 8.42 Å². The summed E-state index contributed by atoms with van der Waals surface area (Å²) in [6, 6.07) is 3.70. The lowest BCUT2D eigenvalue weighted by atomic mass is 9.93. The molecular weight excluding hydrogens is 412 g/mol. The van der Waals surface area contributed by atoms with Crippen LogP contribution in [0.1, 0.15) is 44.9 Å². The van der Waals surface area contributed by atoms with Gasteiger partial charge in [-0.2, -0.15) is 4.31 Å². The Hall–Kier alpha value is -0.440. The summed E-state index contributed by atoms with van der Waals surface area (Å²) in [5, 5.41) is 3.17. The molecular formula is C16H23BrN2O3S2. The van der Waals surface area contributed by atoms with Crippen molar-refractivity contribution in [2.75, 3.05) is 13.1 Å². The van der Waals surface area contributed by atoms with Crippen molar-refractivity contribution < 1.29 is 13.2 Å². The molecule has 0 aromatic carbocycles. The largest absolute Gasteiger partial charge is 0.353 e. The zero-order valence-electron chi connectivity index (χ0n) is 13.5. The second kappa shape index (κ2) is 7.85. The van der Waals surface area contributed by atoms with Crippen molar-refractivity contribution >= 4 is 43.2 Å². The van der Waals surface area contributed by atoms with Gasteiger partial charge in [-0.15, -0.1) is 11.3 Å². The van der Waals surface area contributed by atoms with Crippen LogP contribution < -0.4 is 5.32 Å². The molecule has 1 N–H and O–H groups in total. The summed E-state index contributed by atoms with van der Waals surface area (Å²) in [7, 11) is -3.43. The zero-order valence-corrected chi connectivity index (χ0v) is 16.8. The molecule has 1 saturated carbocycles. The fourth-order valence-electron chi connectivity index (χ4n) is 3.49. The Morgan fingerprint density at radius 2 is 1.79 bits per heavy atom. The monoisotopic (exact) mass is 434 g/mol. The number of carbonyl (C=O) groups excluding carboxylic acids is 1. The Kier molecular flexibility index (Phi) is 6.00. The first kappa shape index (κ1) is 18.4. The fraction of sp³-hybridized carbons (Fsp3) is 0.688. The van der Waals surface area contributed by atoms with Crippen LogP contribution in [-0.4, -0.2) is 37.8 Å². The standard InChI is InChI=1S/C16H23BrN2O3S2/c17-14-6-7-15(23-14)24(21,22)19-10-8-12(9-11-19)16(20)18-13-4-2-1-3-5-13/h6-7,12-13H,1-5,8-11H2,(H,18,20). The number of hydrogen-bond acceptors (Lipinski definition) is 4. The van der Waals surface area contributed by atoms with E-state index in [-0.39, 0.29) is 11.8 Å². The Morgan fingerprint density at radius 3 is 2.38 bits per heavy atom. The normalized spacial score (nSPS) is 21.7. The maximum Gasteiger partial charge on any atom is 0.252 e. The maximum atomic E-state index is 12.6. The highest BCUT2D eigenvalue weighted by molar-refractivity contribution is 9.11. The first-order valence-corrected chi connectivity index (χ1v) is 11.6. The van der Waals surface area contributed by atoms with Crippen LogP contribution in [-0.2, 0) is 14.8 Å². The molecule has 2 heterocycles. The minimum absolute atomic E-state index is 0.0616. The lowest BCUT2D eigenvalue weighted by Gasteiger charge is -2.31. The molecule has 1 saturated heterocycles. The Bertz CT molecular complexity index is 675. The van der Waals surface area contributed by atoms with Crippen molar-refractivity contribution in [2.24, 2.45) is 5.92 Å². The molecule has 0 atom stereocenters. The van der Waals surface area contributed by atoms with Crippen molar-refractivity contribution in [1.29, 1.82) is 0 Å². The lowest BCUT2D eigenvalue weighted by molar-refractivity contribution is -0.127. The zero-order chi connectivity index (χ0) is 17.2. The molecule has 2 aliphatic rings. The van der Waals surface area contributed by atoms with E-state index in [0.717, 1.165) is 16.6 Å². The number of carbonyl (C=O) groups is 1. The quantitative estimate of drug-likeness (QED) is 0.789. The Labute approximate surface area is 156 Å². The highest BCUT2D eigenvalue weighted by atomic mass is 79.9. The molecule has 8 heteroatoms. The third-order valence-corrected chi connectivity index (χ3v) is 8.91. The molecule has 1 aliphatic carbocycles. The van der Waals surface area contributed by atoms with Gasteiger partial charge >= 0.3 is 0 Å². The van der Waals surface area contributed by atoms with Gasteiger partial charge in [-0.1, -0.05) is 19.3 Å². The molecule has 24 heavy (non-hydrogen) atoms. The van der Waals surface area contributed by atoms with Crippen molar-refractivity contribution in [1.82, 2.24) is 9.62 Å². The fourth-order valence-corrected chi connectivity index (χ4v) is 7.12. The number of hydrogen-bond donors (Lipinski definition) is 1. The van der Waals surface area contributed by atoms with Gasteiger partial charge in [0, 0.05) is 25.0 Å². The molecule has 1 aliphatic heterocycles. The molecule has 2 fully saturated rings. The van der Waals surface area contributed by atoms with Gasteiger partial charge < -0.3 is 5.32 Å². The number of halogens is 1. The highest BCUT2D eigenvalue weighted by Crippen LogP contribution is 2.31. The molecule has 5 nitrogen and oxygen atoms in total. The summed E-state index contributed by atoms with van der Waals surface area (Å²) >= 11 is 4.53. The number of thiophene rings is 1. The maximum absolute atomic E-state index is 12.6. The van der Waals surface area contributed by atoms with Crippen molar-refractivity contribution in [3.05, 3.63) is 15.9 Å². The van der Waals surface area contributed by atoms with Gasteiger partial charge in [0.1, 0.15) is 4.21 Å². The molecule has 1 aromatic rings. The molecule has 0 spiro atoms. The molecule has 1 amide bonds. The van der Waals surface area contributed by atoms with E-state index in [2.05, 4.69) is 21.2 Å². The van der Waals surface area contributed by atoms with Gasteiger partial charge in [-0.3, -0.25) is 4.79 Å². The van der Waals surface area contributed by atoms with Crippen LogP contribution in [0.5, 0.6) is 0 Å². The average molecular weight is 435 g/mol. The Balaban J connectivity index is 1.54. The molecule has 0 bridgehead atoms. The average Bonchev–Trinajstić information content (AvgIpc) is 3.03. The highest BCUT2D eigenvalue weighted by Gasteiger charge is 2.33. The number of nitrogens with one attached hydrogen (secondary N) is 1. The van der Waals surface area contributed by atoms with E-state index in [9.17, 15) is 13.2 Å². The second-order valence-electron chi connectivity index (χ2n) is 6.58. The number of amides is 1.